The van der Waals surface area contributed by atoms with Crippen molar-refractivity contribution in [3.8, 4) is 0 Å². The van der Waals surface area contributed by atoms with Crippen molar-refractivity contribution in [1.29, 1.82) is 0 Å². The van der Waals surface area contributed by atoms with Gasteiger partial charge in [-0.1, -0.05) is 0 Å². The number of rotatable bonds is 2. The molecule has 1 nitrogen and oxygen atoms in total. The number of hydrogen-bond acceptors (Lipinski definition) is 1. The van der Waals surface area contributed by atoms with E-state index in [1.54, 1.807) is 5.57 Å². The van der Waals surface area contributed by atoms with Crippen molar-refractivity contribution in [2.24, 2.45) is 5.92 Å². The van der Waals surface area contributed by atoms with Gasteiger partial charge in [-0.05, 0) is 0 Å². The van der Waals surface area contributed by atoms with Gasteiger partial charge in [0.2, 0.25) is 0 Å². The number of hydrogen-bond donors (Lipinski definition) is 0. The van der Waals surface area contributed by atoms with Crippen LogP contribution in [0.5, 0.6) is 0 Å². The molecule has 1 heterocycles. The third-order valence-electron chi connectivity index (χ3n) is 6.03. The van der Waals surface area contributed by atoms with Crippen molar-refractivity contribution in [1.82, 2.24) is 0 Å². The summed E-state index contributed by atoms with van der Waals surface area (Å²) in [4.78, 5) is 0. The van der Waals surface area contributed by atoms with E-state index in [4.69, 9.17) is 3.76 Å². The van der Waals surface area contributed by atoms with E-state index in [-0.39, 0.29) is 0 Å². The van der Waals surface area contributed by atoms with E-state index in [1.807, 2.05) is 0 Å². The summed E-state index contributed by atoms with van der Waals surface area (Å²) in [5, 5.41) is 0. The van der Waals surface area contributed by atoms with Gasteiger partial charge in [0, 0.05) is 0 Å². The van der Waals surface area contributed by atoms with Crippen molar-refractivity contribution < 1.29 is 3.76 Å². The van der Waals surface area contributed by atoms with E-state index in [9.17, 15) is 0 Å². The minimum absolute atomic E-state index is 0.301. The molecular weight excluding hydrogens is 365 g/mol. The Balaban J connectivity index is 1.44. The molecule has 25 heavy (non-hydrogen) atoms. The Bertz CT molecular complexity index is 953. The van der Waals surface area contributed by atoms with Gasteiger partial charge in [0.05, 0.1) is 0 Å². The monoisotopic (exact) mass is 384 g/mol. The van der Waals surface area contributed by atoms with Crippen LogP contribution in [0.4, 0.5) is 0 Å². The van der Waals surface area contributed by atoms with E-state index >= 15 is 0 Å². The molecule has 0 spiro atoms. The van der Waals surface area contributed by atoms with Crippen LogP contribution in [0.15, 0.2) is 78.4 Å². The molecule has 120 valence electrons. The van der Waals surface area contributed by atoms with Crippen molar-refractivity contribution in [3.05, 3.63) is 95.1 Å². The molecule has 6 rings (SSSR count). The molecule has 4 atom stereocenters. The molecule has 2 radical (unpaired) electrons. The summed E-state index contributed by atoms with van der Waals surface area (Å²) in [6.07, 6.45) is 8.48. The van der Waals surface area contributed by atoms with Crippen LogP contribution in [0.2, 0.25) is 4.75 Å². The first-order chi connectivity index (χ1) is 12.4. The quantitative estimate of drug-likeness (QED) is 0.663. The molecule has 3 aliphatic carbocycles. The zero-order valence-corrected chi connectivity index (χ0v) is 16.0. The normalized spacial score (nSPS) is 31.4. The molecule has 2 heteroatoms. The number of benzene rings is 2. The van der Waals surface area contributed by atoms with Crippen LogP contribution in [0.1, 0.15) is 29.0 Å². The molecule has 1 aliphatic heterocycles. The van der Waals surface area contributed by atoms with Crippen molar-refractivity contribution in [2.45, 2.75) is 23.2 Å². The third kappa shape index (κ3) is 2.06. The van der Waals surface area contributed by atoms with E-state index in [0.29, 0.717) is 22.7 Å². The molecule has 0 N–H and O–H groups in total. The number of allylic oxidation sites excluding steroid dienone is 5. The average Bonchev–Trinajstić information content (AvgIpc) is 3.41. The molecule has 0 saturated heterocycles. The summed E-state index contributed by atoms with van der Waals surface area (Å²) < 4.78 is 7.15. The van der Waals surface area contributed by atoms with E-state index in [2.05, 4.69) is 72.8 Å². The Morgan fingerprint density at radius 1 is 0.880 bits per heavy atom. The van der Waals surface area contributed by atoms with Crippen LogP contribution in [0.3, 0.4) is 0 Å². The van der Waals surface area contributed by atoms with Gasteiger partial charge in [0.15, 0.2) is 0 Å². The zero-order chi connectivity index (χ0) is 16.4. The Hall–Kier alpha value is -1.84. The summed E-state index contributed by atoms with van der Waals surface area (Å²) in [7, 11) is 0. The topological polar surface area (TPSA) is 9.23 Å². The molecule has 1 unspecified atom stereocenters. The minimum atomic E-state index is -0.423. The Labute approximate surface area is 154 Å². The molecular formula is C23H18GeO. The fourth-order valence-corrected chi connectivity index (χ4v) is 7.33. The van der Waals surface area contributed by atoms with Crippen LogP contribution in [0.25, 0.3) is 11.1 Å². The molecule has 0 bridgehead atoms. The predicted octanol–water partition coefficient (Wildman–Crippen LogP) is 5.02. The van der Waals surface area contributed by atoms with Gasteiger partial charge in [-0.2, -0.15) is 0 Å². The van der Waals surface area contributed by atoms with E-state index in [0.717, 1.165) is 0 Å². The second-order valence-corrected chi connectivity index (χ2v) is 9.68. The van der Waals surface area contributed by atoms with Crippen molar-refractivity contribution in [2.75, 3.05) is 0 Å². The molecule has 2 aromatic carbocycles. The van der Waals surface area contributed by atoms with Crippen LogP contribution in [-0.4, -0.2) is 21.9 Å². The Kier molecular flexibility index (Phi) is 3.06. The van der Waals surface area contributed by atoms with Gasteiger partial charge in [-0.3, -0.25) is 0 Å². The standard InChI is InChI=1S/C23H18GeO/c1-2-7-14(8-3-1)18-13-19(18)23-22-17-10-5-4-9-15(17)16-11-6-12-20(21(16)22)24-25-23/h1-12,18-20,23H,13H2/t18-,19+,20?,23+/m0/s1. The predicted molar refractivity (Wildman–Crippen MR) is 102 cm³/mol. The molecule has 1 fully saturated rings. The van der Waals surface area contributed by atoms with Gasteiger partial charge < -0.3 is 0 Å². The summed E-state index contributed by atoms with van der Waals surface area (Å²) >= 11 is -0.423. The third-order valence-corrected chi connectivity index (χ3v) is 8.39. The molecule has 2 aromatic rings. The SMILES string of the molecule is C1=C[CH]2[Ge][O][C@H]([C@@H]3C[C@H]3c3ccccc3)C3=C2C(=C1)c1ccccc13. The Morgan fingerprint density at radius 3 is 2.56 bits per heavy atom. The maximum atomic E-state index is 6.60. The van der Waals surface area contributed by atoms with Gasteiger partial charge in [-0.15, -0.1) is 0 Å². The van der Waals surface area contributed by atoms with Gasteiger partial charge in [0.1, 0.15) is 0 Å². The summed E-state index contributed by atoms with van der Waals surface area (Å²) in [5.41, 5.74) is 8.89. The van der Waals surface area contributed by atoms with E-state index in [1.165, 1.54) is 34.3 Å². The first-order valence-electron chi connectivity index (χ1n) is 9.10. The summed E-state index contributed by atoms with van der Waals surface area (Å²) in [5.74, 6) is 1.31. The molecule has 4 aliphatic rings. The maximum absolute atomic E-state index is 6.60. The summed E-state index contributed by atoms with van der Waals surface area (Å²) in [6, 6.07) is 19.9. The molecule has 1 saturated carbocycles. The van der Waals surface area contributed by atoms with Gasteiger partial charge >= 0.3 is 155 Å². The van der Waals surface area contributed by atoms with Gasteiger partial charge in [-0.25, -0.2) is 0 Å². The van der Waals surface area contributed by atoms with E-state index < -0.39 is 15.8 Å². The first kappa shape index (κ1) is 14.3. The number of fused-ring (bicyclic) bond motifs is 3. The van der Waals surface area contributed by atoms with Crippen LogP contribution in [0, 0.1) is 5.92 Å². The van der Waals surface area contributed by atoms with Crippen LogP contribution < -0.4 is 0 Å². The van der Waals surface area contributed by atoms with Crippen LogP contribution >= 0.6 is 0 Å². The van der Waals surface area contributed by atoms with Crippen molar-refractivity contribution >= 4 is 26.9 Å². The second kappa shape index (κ2) is 5.33. The molecule has 0 amide bonds. The van der Waals surface area contributed by atoms with Crippen LogP contribution in [-0.2, 0) is 3.76 Å². The first-order valence-corrected chi connectivity index (χ1v) is 11.2. The summed E-state index contributed by atoms with van der Waals surface area (Å²) in [6.45, 7) is 0. The second-order valence-electron chi connectivity index (χ2n) is 7.39. The Morgan fingerprint density at radius 2 is 1.68 bits per heavy atom. The zero-order valence-electron chi connectivity index (χ0n) is 13.9. The molecule has 0 aromatic heterocycles. The average molecular weight is 383 g/mol. The van der Waals surface area contributed by atoms with Crippen molar-refractivity contribution in [3.63, 3.8) is 0 Å². The van der Waals surface area contributed by atoms with Gasteiger partial charge in [0.25, 0.3) is 0 Å². The fraction of sp³-hybridized carbons (Fsp3) is 0.217. The fourth-order valence-electron chi connectivity index (χ4n) is 4.81.